The van der Waals surface area contributed by atoms with Crippen molar-refractivity contribution in [2.75, 3.05) is 0 Å². The molecule has 0 aliphatic carbocycles. The number of nitrogens with zero attached hydrogens (tertiary/aromatic N) is 1. The fourth-order valence-electron chi connectivity index (χ4n) is 1.74. The van der Waals surface area contributed by atoms with Crippen molar-refractivity contribution >= 4 is 27.9 Å². The zero-order valence-corrected chi connectivity index (χ0v) is 9.78. The normalized spacial score (nSPS) is 10.6. The number of aromatic nitrogens is 1. The smallest absolute Gasteiger partial charge is 0.221 e. The van der Waals surface area contributed by atoms with Crippen molar-refractivity contribution < 1.29 is 4.79 Å². The van der Waals surface area contributed by atoms with Crippen LogP contribution in [0, 0.1) is 0 Å². The Labute approximate surface area is 103 Å². The first-order valence-electron chi connectivity index (χ1n) is 5.27. The largest absolute Gasteiger partial charge is 0.286 e. The highest BCUT2D eigenvalue weighted by Gasteiger charge is 2.11. The maximum Gasteiger partial charge on any atom is 0.221 e. The van der Waals surface area contributed by atoms with Crippen molar-refractivity contribution in [2.45, 2.75) is 0 Å². The fourth-order valence-corrected chi connectivity index (χ4v) is 2.41. The summed E-state index contributed by atoms with van der Waals surface area (Å²) in [5.41, 5.74) is 0.506. The Hall–Kier alpha value is -2.00. The average Bonchev–Trinajstić information content (AvgIpc) is 2.91. The molecular weight excluding hydrogens is 230 g/mol. The van der Waals surface area contributed by atoms with Gasteiger partial charge in [0.15, 0.2) is 0 Å². The number of ketones is 1. The highest BCUT2D eigenvalue weighted by atomic mass is 32.1. The van der Waals surface area contributed by atoms with Crippen LogP contribution in [-0.2, 0) is 0 Å². The summed E-state index contributed by atoms with van der Waals surface area (Å²) in [6.45, 7) is 0. The summed E-state index contributed by atoms with van der Waals surface area (Å²) in [4.78, 5) is 17.0. The van der Waals surface area contributed by atoms with E-state index in [1.54, 1.807) is 6.20 Å². The molecule has 0 aliphatic heterocycles. The lowest BCUT2D eigenvalue weighted by Crippen LogP contribution is -2.01. The molecule has 1 aromatic carbocycles. The Morgan fingerprint density at radius 1 is 1.06 bits per heavy atom. The van der Waals surface area contributed by atoms with Gasteiger partial charge in [-0.05, 0) is 22.9 Å². The van der Waals surface area contributed by atoms with E-state index in [1.165, 1.54) is 11.3 Å². The van der Waals surface area contributed by atoms with Gasteiger partial charge in [0.25, 0.3) is 0 Å². The van der Waals surface area contributed by atoms with Gasteiger partial charge in [0.05, 0.1) is 4.88 Å². The van der Waals surface area contributed by atoms with Crippen molar-refractivity contribution in [3.8, 4) is 0 Å². The third-order valence-corrected chi connectivity index (χ3v) is 3.48. The Balaban J connectivity index is 2.09. The third-order valence-electron chi connectivity index (χ3n) is 2.61. The number of thiophene rings is 1. The molecule has 82 valence electrons. The van der Waals surface area contributed by atoms with Crippen LogP contribution in [0.1, 0.15) is 15.4 Å². The van der Waals surface area contributed by atoms with Crippen LogP contribution in [0.4, 0.5) is 0 Å². The van der Waals surface area contributed by atoms with Gasteiger partial charge < -0.3 is 0 Å². The van der Waals surface area contributed by atoms with E-state index in [1.807, 2.05) is 47.8 Å². The summed E-state index contributed by atoms with van der Waals surface area (Å²) >= 11 is 1.44. The minimum Gasteiger partial charge on any atom is -0.286 e. The molecule has 3 rings (SSSR count). The van der Waals surface area contributed by atoms with E-state index in [-0.39, 0.29) is 5.78 Å². The van der Waals surface area contributed by atoms with Crippen LogP contribution in [0.5, 0.6) is 0 Å². The van der Waals surface area contributed by atoms with Crippen LogP contribution < -0.4 is 0 Å². The number of hydrogen-bond acceptors (Lipinski definition) is 3. The number of benzene rings is 1. The number of carbonyl (C=O) groups excluding carboxylic acids is 1. The van der Waals surface area contributed by atoms with Gasteiger partial charge >= 0.3 is 0 Å². The van der Waals surface area contributed by atoms with Gasteiger partial charge in [-0.3, -0.25) is 9.78 Å². The number of hydrogen-bond donors (Lipinski definition) is 0. The standard InChI is InChI=1S/C14H9NOS/c16-14(13-6-3-7-17-13)12-8-10-4-1-2-5-11(10)9-15-12/h1-9H. The summed E-state index contributed by atoms with van der Waals surface area (Å²) < 4.78 is 0. The van der Waals surface area contributed by atoms with Crippen LogP contribution >= 0.6 is 11.3 Å². The van der Waals surface area contributed by atoms with Crippen LogP contribution in [0.3, 0.4) is 0 Å². The molecule has 3 aromatic rings. The number of fused-ring (bicyclic) bond motifs is 1. The molecule has 0 saturated carbocycles. The second kappa shape index (κ2) is 4.11. The minimum absolute atomic E-state index is 0.00856. The highest BCUT2D eigenvalue weighted by Crippen LogP contribution is 2.18. The van der Waals surface area contributed by atoms with Crippen molar-refractivity contribution in [2.24, 2.45) is 0 Å². The lowest BCUT2D eigenvalue weighted by Gasteiger charge is -2.00. The molecule has 0 aliphatic rings. The van der Waals surface area contributed by atoms with Crippen molar-refractivity contribution in [1.82, 2.24) is 4.98 Å². The molecule has 0 radical (unpaired) electrons. The first-order valence-corrected chi connectivity index (χ1v) is 6.15. The summed E-state index contributed by atoms with van der Waals surface area (Å²) in [7, 11) is 0. The number of pyridine rings is 1. The SMILES string of the molecule is O=C(c1cc2ccccc2cn1)c1cccs1. The molecule has 0 fully saturated rings. The molecule has 0 N–H and O–H groups in total. The molecule has 2 nitrogen and oxygen atoms in total. The molecule has 2 aromatic heterocycles. The Bertz CT molecular complexity index is 674. The van der Waals surface area contributed by atoms with Gasteiger partial charge in [-0.15, -0.1) is 11.3 Å². The average molecular weight is 239 g/mol. The van der Waals surface area contributed by atoms with E-state index < -0.39 is 0 Å². The molecule has 2 heterocycles. The van der Waals surface area contributed by atoms with Gasteiger partial charge in [-0.2, -0.15) is 0 Å². The molecule has 0 amide bonds. The Kier molecular flexibility index (Phi) is 2.46. The molecular formula is C14H9NOS. The van der Waals surface area contributed by atoms with Crippen LogP contribution in [0.25, 0.3) is 10.8 Å². The molecule has 0 atom stereocenters. The van der Waals surface area contributed by atoms with Gasteiger partial charge in [-0.1, -0.05) is 30.3 Å². The van der Waals surface area contributed by atoms with E-state index in [0.717, 1.165) is 15.6 Å². The maximum absolute atomic E-state index is 12.1. The van der Waals surface area contributed by atoms with Gasteiger partial charge in [0.2, 0.25) is 5.78 Å². The lowest BCUT2D eigenvalue weighted by atomic mass is 10.1. The Morgan fingerprint density at radius 2 is 1.88 bits per heavy atom. The highest BCUT2D eigenvalue weighted by molar-refractivity contribution is 7.12. The molecule has 3 heteroatoms. The van der Waals surface area contributed by atoms with E-state index in [4.69, 9.17) is 0 Å². The molecule has 0 unspecified atom stereocenters. The lowest BCUT2D eigenvalue weighted by molar-refractivity contribution is 0.103. The topological polar surface area (TPSA) is 30.0 Å². The fraction of sp³-hybridized carbons (Fsp3) is 0. The van der Waals surface area contributed by atoms with Crippen LogP contribution in [0.15, 0.2) is 54.0 Å². The predicted molar refractivity (Wildman–Crippen MR) is 69.5 cm³/mol. The Morgan fingerprint density at radius 3 is 2.65 bits per heavy atom. The second-order valence-electron chi connectivity index (χ2n) is 3.72. The van der Waals surface area contributed by atoms with Crippen molar-refractivity contribution in [3.05, 3.63) is 64.6 Å². The van der Waals surface area contributed by atoms with Crippen molar-refractivity contribution in [3.63, 3.8) is 0 Å². The first kappa shape index (κ1) is 10.2. The quantitative estimate of drug-likeness (QED) is 0.640. The van der Waals surface area contributed by atoms with Gasteiger partial charge in [-0.25, -0.2) is 0 Å². The third kappa shape index (κ3) is 1.85. The van der Waals surface area contributed by atoms with E-state index in [0.29, 0.717) is 5.69 Å². The minimum atomic E-state index is -0.00856. The molecule has 0 saturated heterocycles. The van der Waals surface area contributed by atoms with E-state index >= 15 is 0 Å². The number of carbonyl (C=O) groups is 1. The summed E-state index contributed by atoms with van der Waals surface area (Å²) in [5, 5.41) is 3.99. The predicted octanol–water partition coefficient (Wildman–Crippen LogP) is 3.53. The zero-order valence-electron chi connectivity index (χ0n) is 8.96. The van der Waals surface area contributed by atoms with E-state index in [9.17, 15) is 4.79 Å². The second-order valence-corrected chi connectivity index (χ2v) is 4.67. The summed E-state index contributed by atoms with van der Waals surface area (Å²) in [5.74, 6) is -0.00856. The van der Waals surface area contributed by atoms with E-state index in [2.05, 4.69) is 4.98 Å². The molecule has 0 spiro atoms. The van der Waals surface area contributed by atoms with Gasteiger partial charge in [0.1, 0.15) is 5.69 Å². The summed E-state index contributed by atoms with van der Waals surface area (Å²) in [6.07, 6.45) is 1.75. The van der Waals surface area contributed by atoms with Crippen LogP contribution in [-0.4, -0.2) is 10.8 Å². The summed E-state index contributed by atoms with van der Waals surface area (Å²) in [6, 6.07) is 13.4. The maximum atomic E-state index is 12.1. The first-order chi connectivity index (χ1) is 8.34. The van der Waals surface area contributed by atoms with Gasteiger partial charge in [0, 0.05) is 11.6 Å². The van der Waals surface area contributed by atoms with Crippen molar-refractivity contribution in [1.29, 1.82) is 0 Å². The van der Waals surface area contributed by atoms with Crippen LogP contribution in [0.2, 0.25) is 0 Å². The number of rotatable bonds is 2. The molecule has 17 heavy (non-hydrogen) atoms. The molecule has 0 bridgehead atoms. The monoisotopic (exact) mass is 239 g/mol. The zero-order chi connectivity index (χ0) is 11.7.